The predicted octanol–water partition coefficient (Wildman–Crippen LogP) is 3.61. The summed E-state index contributed by atoms with van der Waals surface area (Å²) in [6.07, 6.45) is 4.93. The smallest absolute Gasteiger partial charge is 0.103 e. The summed E-state index contributed by atoms with van der Waals surface area (Å²) >= 11 is 0. The first-order chi connectivity index (χ1) is 5.68. The largest absolute Gasteiger partial charge is 0.212 e. The first kappa shape index (κ1) is 8.03. The van der Waals surface area contributed by atoms with Gasteiger partial charge in [-0.2, -0.15) is 0 Å². The third-order valence-electron chi connectivity index (χ3n) is 3.11. The van der Waals surface area contributed by atoms with Gasteiger partial charge in [-0.25, -0.2) is 4.39 Å². The Morgan fingerprint density at radius 1 is 1.50 bits per heavy atom. The summed E-state index contributed by atoms with van der Waals surface area (Å²) in [5, 5.41) is 0. The van der Waals surface area contributed by atoms with Crippen molar-refractivity contribution in [3.63, 3.8) is 0 Å². The van der Waals surface area contributed by atoms with Crippen molar-refractivity contribution in [1.29, 1.82) is 0 Å². The van der Waals surface area contributed by atoms with E-state index in [0.717, 1.165) is 17.9 Å². The molecule has 2 unspecified atom stereocenters. The quantitative estimate of drug-likeness (QED) is 0.515. The lowest BCUT2D eigenvalue weighted by molar-refractivity contribution is 0.446. The van der Waals surface area contributed by atoms with Crippen LogP contribution in [0.4, 0.5) is 4.39 Å². The van der Waals surface area contributed by atoms with E-state index in [0.29, 0.717) is 12.3 Å². The minimum absolute atomic E-state index is 0.0969. The van der Waals surface area contributed by atoms with E-state index in [1.54, 1.807) is 0 Å². The van der Waals surface area contributed by atoms with Gasteiger partial charge in [0.1, 0.15) is 5.83 Å². The van der Waals surface area contributed by atoms with Crippen LogP contribution in [0.3, 0.4) is 0 Å². The van der Waals surface area contributed by atoms with Gasteiger partial charge in [-0.3, -0.25) is 0 Å². The van der Waals surface area contributed by atoms with Gasteiger partial charge >= 0.3 is 0 Å². The summed E-state index contributed by atoms with van der Waals surface area (Å²) in [4.78, 5) is 0. The molecule has 0 spiro atoms. The van der Waals surface area contributed by atoms with E-state index in [-0.39, 0.29) is 5.83 Å². The summed E-state index contributed by atoms with van der Waals surface area (Å²) in [5.74, 6) is 1.57. The van der Waals surface area contributed by atoms with Crippen molar-refractivity contribution < 1.29 is 4.39 Å². The summed E-state index contributed by atoms with van der Waals surface area (Å²) < 4.78 is 13.2. The Bertz CT molecular complexity index is 260. The maximum Gasteiger partial charge on any atom is 0.103 e. The van der Waals surface area contributed by atoms with E-state index >= 15 is 0 Å². The van der Waals surface area contributed by atoms with Gasteiger partial charge in [0.25, 0.3) is 0 Å². The second kappa shape index (κ2) is 2.72. The van der Waals surface area contributed by atoms with Gasteiger partial charge < -0.3 is 0 Å². The van der Waals surface area contributed by atoms with Crippen LogP contribution in [0.5, 0.6) is 0 Å². The van der Waals surface area contributed by atoms with Crippen molar-refractivity contribution in [3.05, 3.63) is 23.0 Å². The maximum atomic E-state index is 13.2. The lowest BCUT2D eigenvalue weighted by atomic mass is 9.96. The monoisotopic (exact) mass is 166 g/mol. The molecule has 0 bridgehead atoms. The van der Waals surface area contributed by atoms with E-state index < -0.39 is 0 Å². The van der Waals surface area contributed by atoms with Crippen molar-refractivity contribution in [2.45, 2.75) is 33.1 Å². The second-order valence-corrected chi connectivity index (χ2v) is 4.13. The topological polar surface area (TPSA) is 0 Å². The molecular weight excluding hydrogens is 151 g/mol. The number of fused-ring (bicyclic) bond motifs is 1. The fourth-order valence-corrected chi connectivity index (χ4v) is 2.04. The molecule has 0 heterocycles. The third-order valence-corrected chi connectivity index (χ3v) is 3.11. The Morgan fingerprint density at radius 3 is 3.00 bits per heavy atom. The van der Waals surface area contributed by atoms with Gasteiger partial charge in [0.15, 0.2) is 0 Å². The van der Waals surface area contributed by atoms with Gasteiger partial charge in [-0.1, -0.05) is 18.6 Å². The SMILES string of the molecule is CC1=C(F)CCC(C)C2CC2=C1. The zero-order valence-electron chi connectivity index (χ0n) is 7.73. The molecule has 0 aromatic carbocycles. The van der Waals surface area contributed by atoms with Gasteiger partial charge in [0, 0.05) is 0 Å². The number of hydrogen-bond donors (Lipinski definition) is 0. The van der Waals surface area contributed by atoms with Crippen LogP contribution < -0.4 is 0 Å². The fourth-order valence-electron chi connectivity index (χ4n) is 2.04. The first-order valence-corrected chi connectivity index (χ1v) is 4.74. The molecule has 0 aromatic heterocycles. The minimum atomic E-state index is 0.0969. The number of allylic oxidation sites excluding steroid dienone is 4. The second-order valence-electron chi connectivity index (χ2n) is 4.13. The number of halogens is 1. The van der Waals surface area contributed by atoms with E-state index in [1.165, 1.54) is 12.0 Å². The molecule has 66 valence electrons. The Morgan fingerprint density at radius 2 is 2.25 bits per heavy atom. The molecular formula is C11H15F. The molecule has 1 saturated carbocycles. The molecule has 12 heavy (non-hydrogen) atoms. The Labute approximate surface area is 73.2 Å². The molecule has 1 fully saturated rings. The zero-order chi connectivity index (χ0) is 8.72. The van der Waals surface area contributed by atoms with Gasteiger partial charge in [0.05, 0.1) is 0 Å². The highest BCUT2D eigenvalue weighted by Crippen LogP contribution is 2.47. The normalized spacial score (nSPS) is 35.1. The lowest BCUT2D eigenvalue weighted by Crippen LogP contribution is -1.99. The maximum absolute atomic E-state index is 13.2. The molecule has 0 nitrogen and oxygen atoms in total. The van der Waals surface area contributed by atoms with E-state index in [4.69, 9.17) is 0 Å². The zero-order valence-corrected chi connectivity index (χ0v) is 7.73. The molecule has 0 amide bonds. The molecule has 0 radical (unpaired) electrons. The van der Waals surface area contributed by atoms with Crippen LogP contribution >= 0.6 is 0 Å². The highest BCUT2D eigenvalue weighted by Gasteiger charge is 2.35. The molecule has 0 saturated heterocycles. The molecule has 2 rings (SSSR count). The highest BCUT2D eigenvalue weighted by atomic mass is 19.1. The fraction of sp³-hybridized carbons (Fsp3) is 0.636. The first-order valence-electron chi connectivity index (χ1n) is 4.74. The summed E-state index contributed by atoms with van der Waals surface area (Å²) in [7, 11) is 0. The lowest BCUT2D eigenvalue weighted by Gasteiger charge is -2.11. The minimum Gasteiger partial charge on any atom is -0.212 e. The van der Waals surface area contributed by atoms with E-state index in [1.807, 2.05) is 6.92 Å². The average Bonchev–Trinajstić information content (AvgIpc) is 2.77. The van der Waals surface area contributed by atoms with Crippen molar-refractivity contribution in [2.24, 2.45) is 11.8 Å². The number of rotatable bonds is 0. The van der Waals surface area contributed by atoms with Crippen LogP contribution in [0.2, 0.25) is 0 Å². The Kier molecular flexibility index (Phi) is 1.82. The van der Waals surface area contributed by atoms with Crippen LogP contribution in [0.1, 0.15) is 33.1 Å². The van der Waals surface area contributed by atoms with Crippen LogP contribution in [-0.4, -0.2) is 0 Å². The Hall–Kier alpha value is -0.590. The molecule has 0 aromatic rings. The summed E-state index contributed by atoms with van der Waals surface area (Å²) in [6, 6.07) is 0. The van der Waals surface area contributed by atoms with Gasteiger partial charge in [0.2, 0.25) is 0 Å². The highest BCUT2D eigenvalue weighted by molar-refractivity contribution is 5.35. The predicted molar refractivity (Wildman–Crippen MR) is 48.4 cm³/mol. The van der Waals surface area contributed by atoms with Gasteiger partial charge in [-0.15, -0.1) is 0 Å². The third kappa shape index (κ3) is 1.33. The van der Waals surface area contributed by atoms with Crippen LogP contribution in [-0.2, 0) is 0 Å². The van der Waals surface area contributed by atoms with Crippen LogP contribution in [0.25, 0.3) is 0 Å². The number of hydrogen-bond acceptors (Lipinski definition) is 0. The van der Waals surface area contributed by atoms with Crippen LogP contribution in [0.15, 0.2) is 23.0 Å². The van der Waals surface area contributed by atoms with Crippen LogP contribution in [0, 0.1) is 11.8 Å². The molecule has 2 aliphatic carbocycles. The molecule has 0 N–H and O–H groups in total. The van der Waals surface area contributed by atoms with E-state index in [2.05, 4.69) is 13.0 Å². The average molecular weight is 166 g/mol. The van der Waals surface area contributed by atoms with Crippen molar-refractivity contribution in [3.8, 4) is 0 Å². The van der Waals surface area contributed by atoms with Gasteiger partial charge in [-0.05, 0) is 43.6 Å². The van der Waals surface area contributed by atoms with E-state index in [9.17, 15) is 4.39 Å². The molecule has 2 atom stereocenters. The van der Waals surface area contributed by atoms with Crippen molar-refractivity contribution >= 4 is 0 Å². The van der Waals surface area contributed by atoms with Crippen molar-refractivity contribution in [1.82, 2.24) is 0 Å². The van der Waals surface area contributed by atoms with Crippen molar-refractivity contribution in [2.75, 3.05) is 0 Å². The standard InChI is InChI=1S/C11H15F/c1-7-3-4-11(12)8(2)5-9-6-10(7)9/h5,7,10H,3-4,6H2,1-2H3. The summed E-state index contributed by atoms with van der Waals surface area (Å²) in [6.45, 7) is 4.12. The Balaban J connectivity index is 2.24. The molecule has 0 aliphatic heterocycles. The molecule has 2 aliphatic rings. The summed E-state index contributed by atoms with van der Waals surface area (Å²) in [5.41, 5.74) is 2.33. The molecule has 1 heteroatoms.